The topological polar surface area (TPSA) is 3.24 Å². The SMILES string of the molecule is CC1C=CC2=C(C1)c1cccc(N(c3ccc(-c4cccc(-c5ccccc5)c4)cc3)c3ccc(C4(c5ccccc5)c5ccccc5-c5ccccc54)cc3)c1C2(c1ccccc1)c1ccccc1. The van der Waals surface area contributed by atoms with Crippen LogP contribution in [-0.4, -0.2) is 0 Å². The smallest absolute Gasteiger partial charge is 0.0730 e. The lowest BCUT2D eigenvalue weighted by molar-refractivity contribution is 0.718. The van der Waals surface area contributed by atoms with Crippen molar-refractivity contribution in [1.29, 1.82) is 0 Å². The molecule has 0 radical (unpaired) electrons. The Bertz CT molecular complexity index is 3520. The minimum Gasteiger partial charge on any atom is -0.310 e. The summed E-state index contributed by atoms with van der Waals surface area (Å²) in [4.78, 5) is 2.53. The lowest BCUT2D eigenvalue weighted by Gasteiger charge is -2.39. The molecule has 0 N–H and O–H groups in total. The molecule has 3 aliphatic carbocycles. The van der Waals surface area contributed by atoms with Gasteiger partial charge in [0.1, 0.15) is 0 Å². The molecule has 70 heavy (non-hydrogen) atoms. The molecule has 0 aromatic heterocycles. The minimum absolute atomic E-state index is 0.428. The van der Waals surface area contributed by atoms with Crippen LogP contribution < -0.4 is 4.90 Å². The summed E-state index contributed by atoms with van der Waals surface area (Å²) in [6.45, 7) is 2.35. The monoisotopic (exact) mass is 893 g/mol. The summed E-state index contributed by atoms with van der Waals surface area (Å²) in [7, 11) is 0. The van der Waals surface area contributed by atoms with Crippen molar-refractivity contribution in [2.75, 3.05) is 4.90 Å². The third-order valence-electron chi connectivity index (χ3n) is 15.4. The molecule has 0 saturated carbocycles. The van der Waals surface area contributed by atoms with E-state index in [1.165, 1.54) is 94.7 Å². The zero-order valence-corrected chi connectivity index (χ0v) is 39.2. The van der Waals surface area contributed by atoms with Gasteiger partial charge < -0.3 is 4.90 Å². The van der Waals surface area contributed by atoms with E-state index in [2.05, 4.69) is 285 Å². The van der Waals surface area contributed by atoms with Gasteiger partial charge in [0.05, 0.1) is 16.5 Å². The van der Waals surface area contributed by atoms with Crippen molar-refractivity contribution < 1.29 is 0 Å². The Morgan fingerprint density at radius 2 is 0.800 bits per heavy atom. The summed E-state index contributed by atoms with van der Waals surface area (Å²) < 4.78 is 0. The van der Waals surface area contributed by atoms with Crippen molar-refractivity contribution >= 4 is 22.6 Å². The van der Waals surface area contributed by atoms with Crippen molar-refractivity contribution in [3.8, 4) is 33.4 Å². The largest absolute Gasteiger partial charge is 0.310 e. The second-order valence-corrected chi connectivity index (χ2v) is 19.2. The third-order valence-corrected chi connectivity index (χ3v) is 15.4. The van der Waals surface area contributed by atoms with Crippen molar-refractivity contribution in [2.45, 2.75) is 24.2 Å². The van der Waals surface area contributed by atoms with Crippen LogP contribution >= 0.6 is 0 Å². The molecule has 3 aliphatic rings. The van der Waals surface area contributed by atoms with E-state index in [9.17, 15) is 0 Å². The van der Waals surface area contributed by atoms with E-state index >= 15 is 0 Å². The zero-order valence-electron chi connectivity index (χ0n) is 39.2. The van der Waals surface area contributed by atoms with Gasteiger partial charge in [-0.1, -0.05) is 244 Å². The standard InChI is InChI=1S/C69H51N/c1-48-36-45-65-62(46-48)61-32-19-35-66(67(61)69(65,54-26-10-4-11-27-54)55-28-12-5-13-29-55)70(57-41-37-50(38-42-57)52-23-18-22-51(47-52)49-20-6-2-7-21-49)58-43-39-56(40-44-58)68(53-24-8-3-9-25-53)63-33-16-14-30-59(63)60-31-15-17-34-64(60)68/h2-45,47-48H,46H2,1H3. The first-order valence-corrected chi connectivity index (χ1v) is 24.7. The molecule has 332 valence electrons. The highest BCUT2D eigenvalue weighted by molar-refractivity contribution is 5.95. The van der Waals surface area contributed by atoms with Gasteiger partial charge in [0, 0.05) is 16.9 Å². The van der Waals surface area contributed by atoms with Gasteiger partial charge in [0.2, 0.25) is 0 Å². The molecule has 1 unspecified atom stereocenters. The Kier molecular flexibility index (Phi) is 10.1. The van der Waals surface area contributed by atoms with E-state index in [1.54, 1.807) is 0 Å². The summed E-state index contributed by atoms with van der Waals surface area (Å²) in [5.41, 5.74) is 22.8. The maximum absolute atomic E-state index is 2.53. The number of anilines is 3. The van der Waals surface area contributed by atoms with Crippen molar-refractivity contribution in [3.05, 3.63) is 323 Å². The minimum atomic E-state index is -0.564. The Balaban J connectivity index is 1.04. The fourth-order valence-corrected chi connectivity index (χ4v) is 12.4. The van der Waals surface area contributed by atoms with E-state index in [0.717, 1.165) is 17.8 Å². The van der Waals surface area contributed by atoms with Gasteiger partial charge in [-0.15, -0.1) is 0 Å². The Labute approximate surface area is 412 Å². The second-order valence-electron chi connectivity index (χ2n) is 19.2. The van der Waals surface area contributed by atoms with Gasteiger partial charge in [0.15, 0.2) is 0 Å². The highest BCUT2D eigenvalue weighted by atomic mass is 15.1. The lowest BCUT2D eigenvalue weighted by Crippen LogP contribution is -2.31. The average molecular weight is 894 g/mol. The molecule has 0 heterocycles. The first kappa shape index (κ1) is 41.7. The number of nitrogens with zero attached hydrogens (tertiary/aromatic N) is 1. The molecule has 10 aromatic rings. The van der Waals surface area contributed by atoms with Crippen LogP contribution in [0.25, 0.3) is 39.0 Å². The quantitative estimate of drug-likeness (QED) is 0.140. The van der Waals surface area contributed by atoms with Crippen LogP contribution in [0.15, 0.2) is 279 Å². The van der Waals surface area contributed by atoms with Gasteiger partial charge >= 0.3 is 0 Å². The van der Waals surface area contributed by atoms with E-state index in [0.29, 0.717) is 5.92 Å². The highest BCUT2D eigenvalue weighted by Gasteiger charge is 2.50. The first-order valence-electron chi connectivity index (χ1n) is 24.7. The van der Waals surface area contributed by atoms with Crippen LogP contribution in [0.1, 0.15) is 57.9 Å². The van der Waals surface area contributed by atoms with Crippen molar-refractivity contribution in [1.82, 2.24) is 0 Å². The molecule has 10 aromatic carbocycles. The summed E-state index contributed by atoms with van der Waals surface area (Å²) in [5, 5.41) is 0. The third kappa shape index (κ3) is 6.39. The van der Waals surface area contributed by atoms with Crippen LogP contribution in [0.4, 0.5) is 17.1 Å². The Morgan fingerprint density at radius 1 is 0.371 bits per heavy atom. The van der Waals surface area contributed by atoms with Gasteiger partial charge in [0.25, 0.3) is 0 Å². The number of hydrogen-bond donors (Lipinski definition) is 0. The maximum atomic E-state index is 2.53. The van der Waals surface area contributed by atoms with E-state index in [4.69, 9.17) is 0 Å². The van der Waals surface area contributed by atoms with E-state index in [1.807, 2.05) is 0 Å². The summed E-state index contributed by atoms with van der Waals surface area (Å²) >= 11 is 0. The van der Waals surface area contributed by atoms with Gasteiger partial charge in [-0.3, -0.25) is 0 Å². The second kappa shape index (κ2) is 16.9. The predicted octanol–water partition coefficient (Wildman–Crippen LogP) is 17.6. The molecule has 1 heteroatoms. The fraction of sp³-hybridized carbons (Fsp3) is 0.0725. The molecule has 0 bridgehead atoms. The molecule has 0 spiro atoms. The number of rotatable bonds is 9. The molecule has 1 nitrogen and oxygen atoms in total. The maximum Gasteiger partial charge on any atom is 0.0730 e. The summed E-state index contributed by atoms with van der Waals surface area (Å²) in [6.07, 6.45) is 5.86. The molecule has 0 amide bonds. The Morgan fingerprint density at radius 3 is 1.37 bits per heavy atom. The van der Waals surface area contributed by atoms with Crippen LogP contribution in [0.3, 0.4) is 0 Å². The molecule has 0 aliphatic heterocycles. The van der Waals surface area contributed by atoms with Crippen LogP contribution in [0.2, 0.25) is 0 Å². The fourth-order valence-electron chi connectivity index (χ4n) is 12.4. The number of hydrogen-bond acceptors (Lipinski definition) is 1. The van der Waals surface area contributed by atoms with Crippen LogP contribution in [0, 0.1) is 5.92 Å². The molecular weight excluding hydrogens is 843 g/mol. The summed E-state index contributed by atoms with van der Waals surface area (Å²) in [5.74, 6) is 0.428. The number of allylic oxidation sites excluding steroid dienone is 4. The Hall–Kier alpha value is -8.52. The molecule has 0 saturated heterocycles. The van der Waals surface area contributed by atoms with Gasteiger partial charge in [-0.25, -0.2) is 0 Å². The normalized spacial score (nSPS) is 15.7. The predicted molar refractivity (Wildman–Crippen MR) is 292 cm³/mol. The molecular formula is C69H51N. The van der Waals surface area contributed by atoms with Crippen LogP contribution in [-0.2, 0) is 10.8 Å². The van der Waals surface area contributed by atoms with Crippen molar-refractivity contribution in [2.24, 2.45) is 5.92 Å². The summed E-state index contributed by atoms with van der Waals surface area (Å²) in [6, 6.07) is 97.0. The van der Waals surface area contributed by atoms with Gasteiger partial charge in [-0.05, 0) is 132 Å². The average Bonchev–Trinajstić information content (AvgIpc) is 3.91. The highest BCUT2D eigenvalue weighted by Crippen LogP contribution is 2.62. The molecule has 13 rings (SSSR count). The first-order chi connectivity index (χ1) is 34.6. The van der Waals surface area contributed by atoms with Gasteiger partial charge in [-0.2, -0.15) is 0 Å². The van der Waals surface area contributed by atoms with Crippen LogP contribution in [0.5, 0.6) is 0 Å². The molecule has 1 atom stereocenters. The number of fused-ring (bicyclic) bond motifs is 5. The lowest BCUT2D eigenvalue weighted by atomic mass is 9.65. The molecule has 0 fully saturated rings. The zero-order chi connectivity index (χ0) is 46.7. The van der Waals surface area contributed by atoms with E-state index in [-0.39, 0.29) is 0 Å². The number of benzene rings is 10. The van der Waals surface area contributed by atoms with Crippen molar-refractivity contribution in [3.63, 3.8) is 0 Å². The van der Waals surface area contributed by atoms with E-state index < -0.39 is 10.8 Å².